The van der Waals surface area contributed by atoms with Gasteiger partial charge in [-0.1, -0.05) is 51.5 Å². The molecule has 0 aliphatic heterocycles. The lowest BCUT2D eigenvalue weighted by atomic mass is 9.90. The number of aryl methyl sites for hydroxylation is 1. The second-order valence-electron chi connectivity index (χ2n) is 9.64. The van der Waals surface area contributed by atoms with Gasteiger partial charge in [-0.15, -0.1) is 0 Å². The number of ether oxygens (including phenoxy) is 3. The monoisotopic (exact) mass is 456 g/mol. The van der Waals surface area contributed by atoms with Gasteiger partial charge in [0.25, 0.3) is 5.97 Å². The van der Waals surface area contributed by atoms with Crippen LogP contribution >= 0.6 is 0 Å². The van der Waals surface area contributed by atoms with Crippen LogP contribution in [0.3, 0.4) is 0 Å². The van der Waals surface area contributed by atoms with E-state index in [0.29, 0.717) is 12.8 Å². The Morgan fingerprint density at radius 1 is 0.719 bits per heavy atom. The van der Waals surface area contributed by atoms with Crippen LogP contribution in [0, 0.1) is 17.6 Å². The molecule has 1 aromatic rings. The van der Waals surface area contributed by atoms with Crippen molar-refractivity contribution in [2.24, 2.45) is 5.92 Å². The third-order valence-corrected chi connectivity index (χ3v) is 5.37. The number of benzene rings is 1. The molecule has 0 saturated carbocycles. The molecule has 186 valence electrons. The van der Waals surface area contributed by atoms with Crippen LogP contribution in [0.25, 0.3) is 0 Å². The molecule has 5 heteroatoms. The maximum absolute atomic E-state index is 13.8. The first-order chi connectivity index (χ1) is 15.1. The standard InChI is InChI=1S/C27H46F2O3/c1-8-9-10-11-12-13-14-24(17-15-23-16-18-25(28)26(29)19-23)27(30-20(2)3,31-21(4)5)32-22(6)7/h16,18-22,24H,8-15,17H2,1-7H3. The van der Waals surface area contributed by atoms with Gasteiger partial charge in [-0.3, -0.25) is 0 Å². The maximum Gasteiger partial charge on any atom is 0.286 e. The third-order valence-electron chi connectivity index (χ3n) is 5.37. The summed E-state index contributed by atoms with van der Waals surface area (Å²) in [7, 11) is 0. The van der Waals surface area contributed by atoms with Gasteiger partial charge in [0.1, 0.15) is 0 Å². The highest BCUT2D eigenvalue weighted by atomic mass is 19.2. The van der Waals surface area contributed by atoms with Gasteiger partial charge >= 0.3 is 0 Å². The molecule has 1 aromatic carbocycles. The fourth-order valence-electron chi connectivity index (χ4n) is 4.06. The van der Waals surface area contributed by atoms with Crippen molar-refractivity contribution in [3.8, 4) is 0 Å². The SMILES string of the molecule is CCCCCCCCC(CCc1ccc(F)c(F)c1)C(OC(C)C)(OC(C)C)OC(C)C. The lowest BCUT2D eigenvalue weighted by Crippen LogP contribution is -2.51. The fourth-order valence-corrected chi connectivity index (χ4v) is 4.06. The van der Waals surface area contributed by atoms with Crippen molar-refractivity contribution in [3.05, 3.63) is 35.4 Å². The van der Waals surface area contributed by atoms with Crippen LogP contribution in [0.1, 0.15) is 105 Å². The molecule has 1 unspecified atom stereocenters. The Labute approximate surface area is 195 Å². The zero-order chi connectivity index (χ0) is 24.1. The molecule has 1 atom stereocenters. The fraction of sp³-hybridized carbons (Fsp3) is 0.778. The predicted molar refractivity (Wildman–Crippen MR) is 128 cm³/mol. The lowest BCUT2D eigenvalue weighted by Gasteiger charge is -2.43. The first-order valence-electron chi connectivity index (χ1n) is 12.6. The van der Waals surface area contributed by atoms with Gasteiger partial charge in [0.15, 0.2) is 11.6 Å². The summed E-state index contributed by atoms with van der Waals surface area (Å²) >= 11 is 0. The summed E-state index contributed by atoms with van der Waals surface area (Å²) in [5.74, 6) is -2.83. The average molecular weight is 457 g/mol. The van der Waals surface area contributed by atoms with Crippen molar-refractivity contribution in [1.82, 2.24) is 0 Å². The molecular weight excluding hydrogens is 410 g/mol. The Morgan fingerprint density at radius 2 is 1.25 bits per heavy atom. The molecule has 0 aliphatic rings. The zero-order valence-corrected chi connectivity index (χ0v) is 21.4. The van der Waals surface area contributed by atoms with Crippen molar-refractivity contribution < 1.29 is 23.0 Å². The normalized spacial score (nSPS) is 13.5. The van der Waals surface area contributed by atoms with Crippen molar-refractivity contribution in [2.45, 2.75) is 131 Å². The Bertz CT molecular complexity index is 605. The van der Waals surface area contributed by atoms with Crippen molar-refractivity contribution in [3.63, 3.8) is 0 Å². The Kier molecular flexibility index (Phi) is 13.6. The summed E-state index contributed by atoms with van der Waals surface area (Å²) in [4.78, 5) is 0. The lowest BCUT2D eigenvalue weighted by molar-refractivity contribution is -0.433. The average Bonchev–Trinajstić information content (AvgIpc) is 2.67. The highest BCUT2D eigenvalue weighted by Gasteiger charge is 2.44. The molecular formula is C27H46F2O3. The smallest absolute Gasteiger partial charge is 0.286 e. The van der Waals surface area contributed by atoms with E-state index in [9.17, 15) is 8.78 Å². The van der Waals surface area contributed by atoms with Crippen LogP contribution in [0.5, 0.6) is 0 Å². The van der Waals surface area contributed by atoms with Gasteiger partial charge in [0.2, 0.25) is 0 Å². The summed E-state index contributed by atoms with van der Waals surface area (Å²) in [6, 6.07) is 4.13. The maximum atomic E-state index is 13.8. The summed E-state index contributed by atoms with van der Waals surface area (Å²) < 4.78 is 46.2. The molecule has 3 nitrogen and oxygen atoms in total. The molecule has 0 bridgehead atoms. The minimum atomic E-state index is -1.17. The van der Waals surface area contributed by atoms with E-state index in [1.165, 1.54) is 37.8 Å². The van der Waals surface area contributed by atoms with Gasteiger partial charge in [0.05, 0.1) is 18.3 Å². The van der Waals surface area contributed by atoms with Gasteiger partial charge in [-0.05, 0) is 78.5 Å². The second kappa shape index (κ2) is 15.0. The van der Waals surface area contributed by atoms with E-state index in [1.807, 2.05) is 41.5 Å². The molecule has 0 spiro atoms. The van der Waals surface area contributed by atoms with E-state index in [4.69, 9.17) is 14.2 Å². The molecule has 0 heterocycles. The van der Waals surface area contributed by atoms with Crippen LogP contribution < -0.4 is 0 Å². The molecule has 0 aliphatic carbocycles. The minimum absolute atomic E-state index is 0.0333. The number of hydrogen-bond acceptors (Lipinski definition) is 3. The molecule has 0 amide bonds. The predicted octanol–water partition coefficient (Wildman–Crippen LogP) is 8.19. The summed E-state index contributed by atoms with van der Waals surface area (Å²) in [5, 5.41) is 0. The first-order valence-corrected chi connectivity index (χ1v) is 12.6. The van der Waals surface area contributed by atoms with Crippen LogP contribution in [-0.4, -0.2) is 24.3 Å². The summed E-state index contributed by atoms with van der Waals surface area (Å²) in [6.07, 6.45) is 9.14. The van der Waals surface area contributed by atoms with E-state index in [0.717, 1.165) is 24.8 Å². The molecule has 0 N–H and O–H groups in total. The van der Waals surface area contributed by atoms with Gasteiger partial charge in [-0.2, -0.15) is 0 Å². The van der Waals surface area contributed by atoms with Gasteiger partial charge in [0, 0.05) is 5.92 Å². The quantitative estimate of drug-likeness (QED) is 0.175. The highest BCUT2D eigenvalue weighted by Crippen LogP contribution is 2.37. The number of halogens is 2. The molecule has 0 saturated heterocycles. The highest BCUT2D eigenvalue weighted by molar-refractivity contribution is 5.18. The van der Waals surface area contributed by atoms with Crippen LogP contribution in [-0.2, 0) is 20.6 Å². The first kappa shape index (κ1) is 29.0. The summed E-state index contributed by atoms with van der Waals surface area (Å²) in [6.45, 7) is 14.1. The zero-order valence-electron chi connectivity index (χ0n) is 21.4. The second-order valence-corrected chi connectivity index (χ2v) is 9.64. The minimum Gasteiger partial charge on any atom is -0.324 e. The van der Waals surface area contributed by atoms with Crippen LogP contribution in [0.15, 0.2) is 18.2 Å². The Balaban J connectivity index is 3.09. The Hall–Kier alpha value is -1.04. The van der Waals surface area contributed by atoms with E-state index in [2.05, 4.69) is 6.92 Å². The molecule has 0 radical (unpaired) electrons. The van der Waals surface area contributed by atoms with Crippen LogP contribution in [0.2, 0.25) is 0 Å². The Morgan fingerprint density at radius 3 is 1.75 bits per heavy atom. The van der Waals surface area contributed by atoms with Crippen LogP contribution in [0.4, 0.5) is 8.78 Å². The third kappa shape index (κ3) is 10.7. The van der Waals surface area contributed by atoms with Gasteiger partial charge in [-0.25, -0.2) is 8.78 Å². The summed E-state index contributed by atoms with van der Waals surface area (Å²) in [5.41, 5.74) is 0.768. The van der Waals surface area contributed by atoms with Crippen molar-refractivity contribution >= 4 is 0 Å². The molecule has 32 heavy (non-hydrogen) atoms. The van der Waals surface area contributed by atoms with E-state index < -0.39 is 17.6 Å². The van der Waals surface area contributed by atoms with E-state index in [1.54, 1.807) is 6.07 Å². The molecule has 1 rings (SSSR count). The topological polar surface area (TPSA) is 27.7 Å². The van der Waals surface area contributed by atoms with Crippen molar-refractivity contribution in [1.29, 1.82) is 0 Å². The van der Waals surface area contributed by atoms with E-state index in [-0.39, 0.29) is 24.2 Å². The number of hydrogen-bond donors (Lipinski definition) is 0. The van der Waals surface area contributed by atoms with E-state index >= 15 is 0 Å². The van der Waals surface area contributed by atoms with Gasteiger partial charge < -0.3 is 14.2 Å². The molecule has 0 fully saturated rings. The van der Waals surface area contributed by atoms with Crippen molar-refractivity contribution in [2.75, 3.05) is 0 Å². The largest absolute Gasteiger partial charge is 0.324 e. The number of rotatable bonds is 17. The number of unbranched alkanes of at least 4 members (excludes halogenated alkanes) is 5. The molecule has 0 aromatic heterocycles.